The number of urea groups is 1. The number of hydrogen-bond donors (Lipinski definition) is 2. The molecule has 0 saturated heterocycles. The van der Waals surface area contributed by atoms with E-state index < -0.39 is 12.0 Å². The van der Waals surface area contributed by atoms with Crippen LogP contribution < -0.4 is 10.6 Å². The Bertz CT molecular complexity index is 404. The Hall–Kier alpha value is -2.11. The van der Waals surface area contributed by atoms with Crippen LogP contribution in [-0.4, -0.2) is 30.1 Å². The van der Waals surface area contributed by atoms with E-state index >= 15 is 0 Å². The van der Waals surface area contributed by atoms with Crippen molar-refractivity contribution in [3.63, 3.8) is 0 Å². The van der Waals surface area contributed by atoms with Crippen molar-refractivity contribution < 1.29 is 14.3 Å². The van der Waals surface area contributed by atoms with Gasteiger partial charge in [0, 0.05) is 18.4 Å². The molecule has 0 bridgehead atoms. The zero-order chi connectivity index (χ0) is 13.4. The summed E-state index contributed by atoms with van der Waals surface area (Å²) in [5.41, 5.74) is 1.82. The number of hydrogen-bond acceptors (Lipinski definition) is 4. The third kappa shape index (κ3) is 5.29. The van der Waals surface area contributed by atoms with E-state index in [-0.39, 0.29) is 6.54 Å². The van der Waals surface area contributed by atoms with Gasteiger partial charge in [-0.1, -0.05) is 6.07 Å². The molecule has 1 aromatic heterocycles. The molecule has 0 saturated carbocycles. The summed E-state index contributed by atoms with van der Waals surface area (Å²) in [6, 6.07) is 3.34. The van der Waals surface area contributed by atoms with Gasteiger partial charge in [0.15, 0.2) is 0 Å². The second kappa shape index (κ2) is 7.26. The first-order valence-corrected chi connectivity index (χ1v) is 5.70. The first-order chi connectivity index (χ1) is 8.61. The second-order valence-electron chi connectivity index (χ2n) is 3.65. The van der Waals surface area contributed by atoms with Gasteiger partial charge in [-0.15, -0.1) is 0 Å². The summed E-state index contributed by atoms with van der Waals surface area (Å²) in [5, 5.41) is 5.02. The molecule has 0 aliphatic carbocycles. The van der Waals surface area contributed by atoms with Crippen molar-refractivity contribution in [2.75, 3.05) is 13.2 Å². The summed E-state index contributed by atoms with van der Waals surface area (Å²) < 4.78 is 4.68. The van der Waals surface area contributed by atoms with E-state index in [1.165, 1.54) is 0 Å². The fourth-order valence-corrected chi connectivity index (χ4v) is 1.21. The molecule has 18 heavy (non-hydrogen) atoms. The largest absolute Gasteiger partial charge is 0.465 e. The van der Waals surface area contributed by atoms with Crippen LogP contribution in [0.2, 0.25) is 0 Å². The maximum Gasteiger partial charge on any atom is 0.325 e. The fraction of sp³-hybridized carbons (Fsp3) is 0.417. The molecule has 6 heteroatoms. The highest BCUT2D eigenvalue weighted by molar-refractivity contribution is 5.80. The van der Waals surface area contributed by atoms with Gasteiger partial charge in [0.1, 0.15) is 6.54 Å². The first kappa shape index (κ1) is 14.0. The smallest absolute Gasteiger partial charge is 0.325 e. The minimum absolute atomic E-state index is 0.133. The zero-order valence-corrected chi connectivity index (χ0v) is 10.5. The number of carbonyl (C=O) groups is 2. The molecule has 2 amide bonds. The molecular formula is C12H17N3O3. The fourth-order valence-electron chi connectivity index (χ4n) is 1.21. The van der Waals surface area contributed by atoms with E-state index in [1.807, 2.05) is 19.1 Å². The van der Waals surface area contributed by atoms with Crippen LogP contribution in [-0.2, 0) is 16.1 Å². The number of pyridine rings is 1. The number of rotatable bonds is 5. The van der Waals surface area contributed by atoms with Crippen molar-refractivity contribution in [3.05, 3.63) is 29.6 Å². The maximum atomic E-state index is 11.3. The lowest BCUT2D eigenvalue weighted by molar-refractivity contribution is -0.141. The van der Waals surface area contributed by atoms with Gasteiger partial charge < -0.3 is 15.4 Å². The number of ether oxygens (including phenoxy) is 1. The summed E-state index contributed by atoms with van der Waals surface area (Å²) in [5.74, 6) is -0.454. The summed E-state index contributed by atoms with van der Waals surface area (Å²) in [6.45, 7) is 4.14. The number of amides is 2. The van der Waals surface area contributed by atoms with Crippen LogP contribution in [0.25, 0.3) is 0 Å². The van der Waals surface area contributed by atoms with Crippen LogP contribution in [0.15, 0.2) is 18.3 Å². The van der Waals surface area contributed by atoms with Crippen LogP contribution in [0.5, 0.6) is 0 Å². The lowest BCUT2D eigenvalue weighted by Crippen LogP contribution is -2.38. The normalized spacial score (nSPS) is 9.67. The molecular weight excluding hydrogens is 234 g/mol. The molecule has 98 valence electrons. The van der Waals surface area contributed by atoms with Crippen LogP contribution in [0.1, 0.15) is 18.2 Å². The van der Waals surface area contributed by atoms with Crippen molar-refractivity contribution in [1.82, 2.24) is 15.6 Å². The summed E-state index contributed by atoms with van der Waals surface area (Å²) in [7, 11) is 0. The van der Waals surface area contributed by atoms with E-state index in [0.29, 0.717) is 13.2 Å². The number of aryl methyl sites for hydroxylation is 1. The van der Waals surface area contributed by atoms with Gasteiger partial charge >= 0.3 is 12.0 Å². The predicted octanol–water partition coefficient (Wildman–Crippen LogP) is 0.752. The van der Waals surface area contributed by atoms with Crippen LogP contribution >= 0.6 is 0 Å². The van der Waals surface area contributed by atoms with Crippen molar-refractivity contribution in [2.45, 2.75) is 20.4 Å². The number of nitrogens with zero attached hydrogens (tertiary/aromatic N) is 1. The minimum Gasteiger partial charge on any atom is -0.465 e. The van der Waals surface area contributed by atoms with E-state index in [4.69, 9.17) is 0 Å². The Morgan fingerprint density at radius 1 is 1.33 bits per heavy atom. The summed E-state index contributed by atoms with van der Waals surface area (Å²) in [4.78, 5) is 26.4. The lowest BCUT2D eigenvalue weighted by atomic mass is 10.2. The van der Waals surface area contributed by atoms with Gasteiger partial charge in [-0.25, -0.2) is 4.79 Å². The molecule has 0 aromatic carbocycles. The summed E-state index contributed by atoms with van der Waals surface area (Å²) in [6.07, 6.45) is 1.70. The molecule has 2 N–H and O–H groups in total. The van der Waals surface area contributed by atoms with E-state index in [2.05, 4.69) is 20.4 Å². The maximum absolute atomic E-state index is 11.3. The molecule has 0 radical (unpaired) electrons. The van der Waals surface area contributed by atoms with Crippen LogP contribution in [0.3, 0.4) is 0 Å². The highest BCUT2D eigenvalue weighted by atomic mass is 16.5. The Morgan fingerprint density at radius 2 is 2.11 bits per heavy atom. The molecule has 0 spiro atoms. The van der Waals surface area contributed by atoms with Crippen molar-refractivity contribution >= 4 is 12.0 Å². The number of nitrogens with one attached hydrogen (secondary N) is 2. The third-order valence-electron chi connectivity index (χ3n) is 2.12. The van der Waals surface area contributed by atoms with Crippen LogP contribution in [0.4, 0.5) is 4.79 Å². The van der Waals surface area contributed by atoms with Gasteiger partial charge in [0.2, 0.25) is 0 Å². The number of carbonyl (C=O) groups excluding carboxylic acids is 2. The number of esters is 1. The van der Waals surface area contributed by atoms with E-state index in [0.717, 1.165) is 11.3 Å². The standard InChI is InChI=1S/C12H17N3O3/c1-3-18-11(16)8-15-12(17)14-7-10-5-4-9(2)13-6-10/h4-6H,3,7-8H2,1-2H3,(H2,14,15,17). The van der Waals surface area contributed by atoms with E-state index in [9.17, 15) is 9.59 Å². The van der Waals surface area contributed by atoms with Crippen molar-refractivity contribution in [2.24, 2.45) is 0 Å². The average Bonchev–Trinajstić information content (AvgIpc) is 2.36. The zero-order valence-electron chi connectivity index (χ0n) is 10.5. The topological polar surface area (TPSA) is 80.3 Å². The molecule has 1 aromatic rings. The molecule has 1 heterocycles. The minimum atomic E-state index is -0.454. The SMILES string of the molecule is CCOC(=O)CNC(=O)NCc1ccc(C)nc1. The quantitative estimate of drug-likeness (QED) is 0.757. The van der Waals surface area contributed by atoms with Gasteiger partial charge in [-0.3, -0.25) is 9.78 Å². The van der Waals surface area contributed by atoms with Gasteiger partial charge in [0.05, 0.1) is 6.61 Å². The van der Waals surface area contributed by atoms with Gasteiger partial charge in [-0.2, -0.15) is 0 Å². The molecule has 0 aliphatic heterocycles. The monoisotopic (exact) mass is 251 g/mol. The first-order valence-electron chi connectivity index (χ1n) is 5.70. The molecule has 6 nitrogen and oxygen atoms in total. The van der Waals surface area contributed by atoms with Gasteiger partial charge in [0.25, 0.3) is 0 Å². The lowest BCUT2D eigenvalue weighted by Gasteiger charge is -2.07. The van der Waals surface area contributed by atoms with Crippen molar-refractivity contribution in [1.29, 1.82) is 0 Å². The van der Waals surface area contributed by atoms with Gasteiger partial charge in [-0.05, 0) is 25.5 Å². The Kier molecular flexibility index (Phi) is 5.63. The van der Waals surface area contributed by atoms with Crippen molar-refractivity contribution in [3.8, 4) is 0 Å². The Balaban J connectivity index is 2.24. The highest BCUT2D eigenvalue weighted by Crippen LogP contribution is 1.98. The Labute approximate surface area is 106 Å². The average molecular weight is 251 g/mol. The number of aromatic nitrogens is 1. The Morgan fingerprint density at radius 3 is 2.72 bits per heavy atom. The third-order valence-corrected chi connectivity index (χ3v) is 2.12. The predicted molar refractivity (Wildman–Crippen MR) is 65.8 cm³/mol. The molecule has 0 aliphatic rings. The molecule has 0 unspecified atom stereocenters. The molecule has 0 atom stereocenters. The van der Waals surface area contributed by atoms with E-state index in [1.54, 1.807) is 13.1 Å². The van der Waals surface area contributed by atoms with Crippen LogP contribution in [0, 0.1) is 6.92 Å². The molecule has 0 fully saturated rings. The second-order valence-corrected chi connectivity index (χ2v) is 3.65. The molecule has 1 rings (SSSR count). The highest BCUT2D eigenvalue weighted by Gasteiger charge is 2.05. The summed E-state index contributed by atoms with van der Waals surface area (Å²) >= 11 is 0.